The molecule has 0 aromatic heterocycles. The van der Waals surface area contributed by atoms with Crippen LogP contribution in [0.2, 0.25) is 0 Å². The number of benzene rings is 1. The van der Waals surface area contributed by atoms with Crippen LogP contribution in [0, 0.1) is 6.07 Å². The first kappa shape index (κ1) is 9.78. The van der Waals surface area contributed by atoms with Gasteiger partial charge < -0.3 is 4.84 Å². The standard InChI is InChI=1S/C11H14NO/c1-2-3-9-13-12-10-11-7-5-4-6-8-11/h4-7,10H,2-3,9H2,1H3. The van der Waals surface area contributed by atoms with Gasteiger partial charge in [0, 0.05) is 5.56 Å². The average molecular weight is 176 g/mol. The molecule has 0 N–H and O–H groups in total. The highest BCUT2D eigenvalue weighted by Crippen LogP contribution is 1.93. The van der Waals surface area contributed by atoms with Crippen molar-refractivity contribution in [3.63, 3.8) is 0 Å². The maximum Gasteiger partial charge on any atom is 0.117 e. The van der Waals surface area contributed by atoms with Gasteiger partial charge in [0.05, 0.1) is 6.21 Å². The van der Waals surface area contributed by atoms with Crippen molar-refractivity contribution in [1.29, 1.82) is 0 Å². The molecule has 13 heavy (non-hydrogen) atoms. The van der Waals surface area contributed by atoms with Crippen LogP contribution in [0.15, 0.2) is 29.4 Å². The molecule has 0 spiro atoms. The fraction of sp³-hybridized carbons (Fsp3) is 0.364. The van der Waals surface area contributed by atoms with Gasteiger partial charge in [-0.3, -0.25) is 0 Å². The molecular weight excluding hydrogens is 162 g/mol. The zero-order valence-corrected chi connectivity index (χ0v) is 7.86. The van der Waals surface area contributed by atoms with Crippen molar-refractivity contribution in [3.8, 4) is 0 Å². The van der Waals surface area contributed by atoms with Crippen LogP contribution in [-0.2, 0) is 4.84 Å². The molecule has 0 aliphatic rings. The van der Waals surface area contributed by atoms with Crippen molar-refractivity contribution >= 4 is 6.21 Å². The molecule has 0 saturated carbocycles. The van der Waals surface area contributed by atoms with Crippen molar-refractivity contribution < 1.29 is 4.84 Å². The highest BCUT2D eigenvalue weighted by atomic mass is 16.6. The van der Waals surface area contributed by atoms with Crippen LogP contribution in [-0.4, -0.2) is 12.8 Å². The summed E-state index contributed by atoms with van der Waals surface area (Å²) in [5.41, 5.74) is 0.944. The summed E-state index contributed by atoms with van der Waals surface area (Å²) in [5, 5.41) is 3.82. The predicted molar refractivity (Wildman–Crippen MR) is 53.7 cm³/mol. The van der Waals surface area contributed by atoms with Crippen molar-refractivity contribution in [1.82, 2.24) is 0 Å². The Morgan fingerprint density at radius 1 is 1.54 bits per heavy atom. The Labute approximate surface area is 79.2 Å². The van der Waals surface area contributed by atoms with E-state index in [2.05, 4.69) is 18.1 Å². The molecule has 2 nitrogen and oxygen atoms in total. The highest BCUT2D eigenvalue weighted by molar-refractivity contribution is 5.78. The normalized spacial score (nSPS) is 10.5. The smallest absolute Gasteiger partial charge is 0.117 e. The zero-order valence-electron chi connectivity index (χ0n) is 7.86. The van der Waals surface area contributed by atoms with E-state index in [0.29, 0.717) is 6.61 Å². The van der Waals surface area contributed by atoms with Crippen LogP contribution >= 0.6 is 0 Å². The lowest BCUT2D eigenvalue weighted by Crippen LogP contribution is -1.87. The number of rotatable bonds is 5. The van der Waals surface area contributed by atoms with Crippen LogP contribution in [0.5, 0.6) is 0 Å². The third-order valence-corrected chi connectivity index (χ3v) is 1.59. The second-order valence-electron chi connectivity index (χ2n) is 2.74. The second kappa shape index (κ2) is 6.23. The minimum Gasteiger partial charge on any atom is -0.396 e. The number of nitrogens with zero attached hydrogens (tertiary/aromatic N) is 1. The molecular formula is C11H14NO. The van der Waals surface area contributed by atoms with Crippen molar-refractivity contribution in [2.75, 3.05) is 6.61 Å². The molecule has 0 aliphatic heterocycles. The van der Waals surface area contributed by atoms with Crippen LogP contribution in [0.1, 0.15) is 25.3 Å². The first-order valence-corrected chi connectivity index (χ1v) is 4.55. The Hall–Kier alpha value is -1.31. The van der Waals surface area contributed by atoms with E-state index in [-0.39, 0.29) is 0 Å². The maximum absolute atomic E-state index is 5.03. The van der Waals surface area contributed by atoms with Gasteiger partial charge in [-0.15, -0.1) is 0 Å². The summed E-state index contributed by atoms with van der Waals surface area (Å²) in [6, 6.07) is 10.7. The van der Waals surface area contributed by atoms with E-state index in [1.165, 1.54) is 0 Å². The first-order chi connectivity index (χ1) is 6.43. The Bertz CT molecular complexity index is 244. The Morgan fingerprint density at radius 2 is 2.46 bits per heavy atom. The van der Waals surface area contributed by atoms with Crippen LogP contribution in [0.4, 0.5) is 0 Å². The van der Waals surface area contributed by atoms with Gasteiger partial charge in [-0.05, 0) is 12.5 Å². The number of unbranched alkanes of at least 4 members (excludes halogenated alkanes) is 1. The fourth-order valence-corrected chi connectivity index (χ4v) is 0.843. The SMILES string of the molecule is CCCCON=Cc1[c]cccc1. The largest absolute Gasteiger partial charge is 0.396 e. The molecule has 1 aromatic rings. The van der Waals surface area contributed by atoms with E-state index in [1.807, 2.05) is 24.3 Å². The molecule has 0 atom stereocenters. The summed E-state index contributed by atoms with van der Waals surface area (Å²) in [5.74, 6) is 0. The molecule has 1 rings (SSSR count). The predicted octanol–water partition coefficient (Wildman–Crippen LogP) is 2.64. The van der Waals surface area contributed by atoms with Crippen LogP contribution < -0.4 is 0 Å². The third kappa shape index (κ3) is 4.31. The molecule has 0 amide bonds. The molecule has 0 unspecified atom stereocenters. The lowest BCUT2D eigenvalue weighted by molar-refractivity contribution is 0.143. The van der Waals surface area contributed by atoms with Gasteiger partial charge >= 0.3 is 0 Å². The van der Waals surface area contributed by atoms with E-state index in [0.717, 1.165) is 18.4 Å². The van der Waals surface area contributed by atoms with E-state index >= 15 is 0 Å². The Balaban J connectivity index is 2.25. The van der Waals surface area contributed by atoms with Gasteiger partial charge in [0.1, 0.15) is 6.61 Å². The quantitative estimate of drug-likeness (QED) is 0.384. The lowest BCUT2D eigenvalue weighted by Gasteiger charge is -1.95. The molecule has 0 heterocycles. The fourth-order valence-electron chi connectivity index (χ4n) is 0.843. The second-order valence-corrected chi connectivity index (χ2v) is 2.74. The van der Waals surface area contributed by atoms with Gasteiger partial charge in [0.25, 0.3) is 0 Å². The Kier molecular flexibility index (Phi) is 4.69. The topological polar surface area (TPSA) is 21.6 Å². The van der Waals surface area contributed by atoms with Gasteiger partial charge in [-0.1, -0.05) is 42.8 Å². The third-order valence-electron chi connectivity index (χ3n) is 1.59. The summed E-state index contributed by atoms with van der Waals surface area (Å²) in [6.45, 7) is 2.82. The average Bonchev–Trinajstić information content (AvgIpc) is 2.19. The Morgan fingerprint density at radius 3 is 3.15 bits per heavy atom. The minimum atomic E-state index is 0.694. The van der Waals surface area contributed by atoms with E-state index in [9.17, 15) is 0 Å². The van der Waals surface area contributed by atoms with Gasteiger partial charge in [-0.25, -0.2) is 0 Å². The van der Waals surface area contributed by atoms with Gasteiger partial charge in [-0.2, -0.15) is 0 Å². The highest BCUT2D eigenvalue weighted by Gasteiger charge is 1.84. The van der Waals surface area contributed by atoms with E-state index in [1.54, 1.807) is 6.21 Å². The molecule has 69 valence electrons. The monoisotopic (exact) mass is 176 g/mol. The summed E-state index contributed by atoms with van der Waals surface area (Å²) in [7, 11) is 0. The summed E-state index contributed by atoms with van der Waals surface area (Å²) in [6.07, 6.45) is 3.86. The number of hydrogen-bond acceptors (Lipinski definition) is 2. The number of oxime groups is 1. The molecule has 0 fully saturated rings. The lowest BCUT2D eigenvalue weighted by atomic mass is 10.2. The first-order valence-electron chi connectivity index (χ1n) is 4.55. The number of hydrogen-bond donors (Lipinski definition) is 0. The van der Waals surface area contributed by atoms with Crippen molar-refractivity contribution in [2.45, 2.75) is 19.8 Å². The molecule has 0 saturated heterocycles. The van der Waals surface area contributed by atoms with Crippen molar-refractivity contribution in [2.24, 2.45) is 5.16 Å². The van der Waals surface area contributed by atoms with Gasteiger partial charge in [0.15, 0.2) is 0 Å². The molecule has 2 heteroatoms. The van der Waals surface area contributed by atoms with E-state index in [4.69, 9.17) is 4.84 Å². The summed E-state index contributed by atoms with van der Waals surface area (Å²) < 4.78 is 0. The van der Waals surface area contributed by atoms with Crippen LogP contribution in [0.25, 0.3) is 0 Å². The molecule has 0 aliphatic carbocycles. The molecule has 1 radical (unpaired) electrons. The zero-order chi connectivity index (χ0) is 9.36. The van der Waals surface area contributed by atoms with Crippen molar-refractivity contribution in [3.05, 3.63) is 35.9 Å². The minimum absolute atomic E-state index is 0.694. The van der Waals surface area contributed by atoms with Gasteiger partial charge in [0.2, 0.25) is 0 Å². The molecule has 0 bridgehead atoms. The summed E-state index contributed by atoms with van der Waals surface area (Å²) in [4.78, 5) is 5.03. The summed E-state index contributed by atoms with van der Waals surface area (Å²) >= 11 is 0. The maximum atomic E-state index is 5.03. The van der Waals surface area contributed by atoms with Crippen LogP contribution in [0.3, 0.4) is 0 Å². The molecule has 1 aromatic carbocycles. The van der Waals surface area contributed by atoms with E-state index < -0.39 is 0 Å².